The molecule has 98 valence electrons. The van der Waals surface area contributed by atoms with Crippen LogP contribution in [0.15, 0.2) is 30.3 Å². The van der Waals surface area contributed by atoms with Crippen LogP contribution in [0.3, 0.4) is 0 Å². The Kier molecular flexibility index (Phi) is 3.95. The fourth-order valence-electron chi connectivity index (χ4n) is 1.49. The molecule has 2 N–H and O–H groups in total. The maximum absolute atomic E-state index is 12.9. The first-order valence-electron chi connectivity index (χ1n) is 4.89. The van der Waals surface area contributed by atoms with Gasteiger partial charge in [0.1, 0.15) is 0 Å². The third kappa shape index (κ3) is 2.61. The van der Waals surface area contributed by atoms with Gasteiger partial charge < -0.3 is 10.4 Å². The lowest BCUT2D eigenvalue weighted by Crippen LogP contribution is -2.63. The molecule has 1 unspecified atom stereocenters. The van der Waals surface area contributed by atoms with Crippen LogP contribution in [-0.4, -0.2) is 29.2 Å². The van der Waals surface area contributed by atoms with Crippen LogP contribution < -0.4 is 5.32 Å². The molecule has 0 fully saturated rings. The summed E-state index contributed by atoms with van der Waals surface area (Å²) in [5.74, 6) is -2.15. The Labute approximate surface area is 100 Å². The first-order valence-corrected chi connectivity index (χ1v) is 4.89. The molecule has 1 amide bonds. The summed E-state index contributed by atoms with van der Waals surface area (Å²) in [5, 5.41) is 10.2. The molecule has 0 spiro atoms. The molecule has 0 aliphatic rings. The Balaban J connectivity index is 3.19. The second-order valence-corrected chi connectivity index (χ2v) is 3.63. The van der Waals surface area contributed by atoms with Crippen LogP contribution in [0, 0.1) is 0 Å². The number of hydrogen-bond acceptors (Lipinski definition) is 2. The lowest BCUT2D eigenvalue weighted by molar-refractivity contribution is -0.209. The summed E-state index contributed by atoms with van der Waals surface area (Å²) in [6, 6.07) is 7.27. The average Bonchev–Trinajstić information content (AvgIpc) is 2.28. The van der Waals surface area contributed by atoms with E-state index >= 15 is 0 Å². The molecule has 4 nitrogen and oxygen atoms in total. The summed E-state index contributed by atoms with van der Waals surface area (Å²) in [6.45, 7) is 0. The predicted octanol–water partition coefficient (Wildman–Crippen LogP) is 1.36. The van der Waals surface area contributed by atoms with Crippen molar-refractivity contribution in [3.63, 3.8) is 0 Å². The number of benzene rings is 1. The number of carbonyl (C=O) groups excluding carboxylic acids is 1. The molecule has 1 rings (SSSR count). The first kappa shape index (κ1) is 14.0. The average molecular weight is 261 g/mol. The summed E-state index contributed by atoms with van der Waals surface area (Å²) in [5.41, 5.74) is -3.15. The molecule has 0 saturated carbocycles. The lowest BCUT2D eigenvalue weighted by Gasteiger charge is -2.31. The third-order valence-electron chi connectivity index (χ3n) is 2.47. The van der Waals surface area contributed by atoms with E-state index in [9.17, 15) is 22.8 Å². The van der Waals surface area contributed by atoms with Crippen LogP contribution in [0.5, 0.6) is 0 Å². The number of hydrogen-bond donors (Lipinski definition) is 2. The Bertz CT molecular complexity index is 433. The van der Waals surface area contributed by atoms with Crippen LogP contribution in [0.2, 0.25) is 0 Å². The summed E-state index contributed by atoms with van der Waals surface area (Å²) < 4.78 is 38.7. The molecule has 7 heteroatoms. The normalized spacial score (nSPS) is 14.6. The summed E-state index contributed by atoms with van der Waals surface area (Å²) in [6.07, 6.45) is -6.23. The van der Waals surface area contributed by atoms with Crippen molar-refractivity contribution in [2.75, 3.05) is 0 Å². The number of nitrogens with one attached hydrogen (secondary N) is 1. The molecule has 0 aliphatic carbocycles. The molecular formula is C11H10F3NO3. The predicted molar refractivity (Wildman–Crippen MR) is 55.8 cm³/mol. The summed E-state index contributed by atoms with van der Waals surface area (Å²) in [4.78, 5) is 21.2. The van der Waals surface area contributed by atoms with Gasteiger partial charge in [-0.2, -0.15) is 13.2 Å². The zero-order chi connectivity index (χ0) is 13.8. The zero-order valence-corrected chi connectivity index (χ0v) is 9.07. The number of carboxylic acids is 1. The standard InChI is InChI=1S/C11H10F3NO3/c12-11(13,14)10(9(17)18,15-7-16)6-8-4-2-1-3-5-8/h1-5,7H,6H2,(H,15,16)(H,17,18). The SMILES string of the molecule is O=CNC(Cc1ccccc1)(C(=O)O)C(F)(F)F. The quantitative estimate of drug-likeness (QED) is 0.786. The number of amides is 1. The minimum absolute atomic E-state index is 0.159. The molecule has 0 radical (unpaired) electrons. The highest BCUT2D eigenvalue weighted by Crippen LogP contribution is 2.33. The topological polar surface area (TPSA) is 66.4 Å². The molecule has 0 saturated heterocycles. The second kappa shape index (κ2) is 5.07. The van der Waals surface area contributed by atoms with E-state index in [1.807, 2.05) is 0 Å². The molecule has 0 heterocycles. The Morgan fingerprint density at radius 2 is 1.83 bits per heavy atom. The molecule has 1 aromatic rings. The summed E-state index contributed by atoms with van der Waals surface area (Å²) in [7, 11) is 0. The molecule has 1 atom stereocenters. The Hall–Kier alpha value is -2.05. The van der Waals surface area contributed by atoms with Gasteiger partial charge in [-0.15, -0.1) is 0 Å². The Morgan fingerprint density at radius 3 is 2.22 bits per heavy atom. The fourth-order valence-corrected chi connectivity index (χ4v) is 1.49. The largest absolute Gasteiger partial charge is 0.479 e. The van der Waals surface area contributed by atoms with Crippen molar-refractivity contribution in [2.45, 2.75) is 18.1 Å². The number of carbonyl (C=O) groups is 2. The van der Waals surface area contributed by atoms with E-state index in [1.165, 1.54) is 29.6 Å². The minimum atomic E-state index is -5.10. The number of carboxylic acid groups (broad SMARTS) is 1. The number of halogens is 3. The number of aliphatic carboxylic acids is 1. The van der Waals surface area contributed by atoms with Gasteiger partial charge in [-0.05, 0) is 5.56 Å². The van der Waals surface area contributed by atoms with Gasteiger partial charge in [-0.1, -0.05) is 30.3 Å². The molecule has 18 heavy (non-hydrogen) atoms. The fraction of sp³-hybridized carbons (Fsp3) is 0.273. The molecular weight excluding hydrogens is 251 g/mol. The van der Waals surface area contributed by atoms with E-state index in [1.54, 1.807) is 6.07 Å². The van der Waals surface area contributed by atoms with Gasteiger partial charge in [0, 0.05) is 6.42 Å². The molecule has 0 aromatic heterocycles. The van der Waals surface area contributed by atoms with Gasteiger partial charge in [0.05, 0.1) is 0 Å². The van der Waals surface area contributed by atoms with Crippen molar-refractivity contribution in [3.8, 4) is 0 Å². The summed E-state index contributed by atoms with van der Waals surface area (Å²) >= 11 is 0. The van der Waals surface area contributed by atoms with Gasteiger partial charge in [-0.25, -0.2) is 4.79 Å². The second-order valence-electron chi connectivity index (χ2n) is 3.63. The maximum atomic E-state index is 12.9. The van der Waals surface area contributed by atoms with Crippen molar-refractivity contribution < 1.29 is 27.9 Å². The minimum Gasteiger partial charge on any atom is -0.479 e. The first-order chi connectivity index (χ1) is 8.33. The van der Waals surface area contributed by atoms with Gasteiger partial charge in [0.2, 0.25) is 11.9 Å². The van der Waals surface area contributed by atoms with E-state index in [0.29, 0.717) is 0 Å². The zero-order valence-electron chi connectivity index (χ0n) is 9.07. The van der Waals surface area contributed by atoms with E-state index in [-0.39, 0.29) is 12.0 Å². The van der Waals surface area contributed by atoms with Gasteiger partial charge >= 0.3 is 12.1 Å². The van der Waals surface area contributed by atoms with Crippen molar-refractivity contribution in [2.24, 2.45) is 0 Å². The molecule has 1 aromatic carbocycles. The number of alkyl halides is 3. The van der Waals surface area contributed by atoms with E-state index in [2.05, 4.69) is 0 Å². The van der Waals surface area contributed by atoms with Crippen molar-refractivity contribution in [1.82, 2.24) is 5.32 Å². The van der Waals surface area contributed by atoms with Gasteiger partial charge in [0.15, 0.2) is 0 Å². The van der Waals surface area contributed by atoms with Gasteiger partial charge in [-0.3, -0.25) is 4.79 Å². The van der Waals surface area contributed by atoms with Crippen LogP contribution in [0.4, 0.5) is 13.2 Å². The Morgan fingerprint density at radius 1 is 1.28 bits per heavy atom. The van der Waals surface area contributed by atoms with Gasteiger partial charge in [0.25, 0.3) is 0 Å². The molecule has 0 aliphatic heterocycles. The molecule has 0 bridgehead atoms. The monoisotopic (exact) mass is 261 g/mol. The highest BCUT2D eigenvalue weighted by atomic mass is 19.4. The maximum Gasteiger partial charge on any atom is 0.422 e. The smallest absolute Gasteiger partial charge is 0.422 e. The van der Waals surface area contributed by atoms with Crippen LogP contribution in [0.1, 0.15) is 5.56 Å². The highest BCUT2D eigenvalue weighted by molar-refractivity contribution is 5.83. The van der Waals surface area contributed by atoms with Crippen molar-refractivity contribution in [3.05, 3.63) is 35.9 Å². The van der Waals surface area contributed by atoms with E-state index in [0.717, 1.165) is 0 Å². The third-order valence-corrected chi connectivity index (χ3v) is 2.47. The highest BCUT2D eigenvalue weighted by Gasteiger charge is 2.61. The van der Waals surface area contributed by atoms with Crippen molar-refractivity contribution >= 4 is 12.4 Å². The number of rotatable bonds is 5. The van der Waals surface area contributed by atoms with Crippen LogP contribution in [0.25, 0.3) is 0 Å². The van der Waals surface area contributed by atoms with Crippen LogP contribution >= 0.6 is 0 Å². The van der Waals surface area contributed by atoms with Crippen molar-refractivity contribution in [1.29, 1.82) is 0 Å². The van der Waals surface area contributed by atoms with E-state index < -0.39 is 24.1 Å². The van der Waals surface area contributed by atoms with Crippen LogP contribution in [-0.2, 0) is 16.0 Å². The van der Waals surface area contributed by atoms with E-state index in [4.69, 9.17) is 5.11 Å². The lowest BCUT2D eigenvalue weighted by atomic mass is 9.90.